The molecule has 0 unspecified atom stereocenters. The zero-order valence-corrected chi connectivity index (χ0v) is 7.98. The van der Waals surface area contributed by atoms with E-state index in [4.69, 9.17) is 0 Å². The third-order valence-electron chi connectivity index (χ3n) is 1.74. The first-order valence-corrected chi connectivity index (χ1v) is 5.36. The van der Waals surface area contributed by atoms with Crippen LogP contribution in [0.4, 0.5) is 0 Å². The van der Waals surface area contributed by atoms with Crippen molar-refractivity contribution in [2.24, 2.45) is 0 Å². The average Bonchev–Trinajstić information content (AvgIpc) is 2.64. The highest BCUT2D eigenvalue weighted by Crippen LogP contribution is 2.09. The van der Waals surface area contributed by atoms with Crippen LogP contribution in [-0.4, -0.2) is 23.0 Å². The van der Waals surface area contributed by atoms with E-state index in [1.165, 1.54) is 10.6 Å². The van der Waals surface area contributed by atoms with Gasteiger partial charge in [0.1, 0.15) is 0 Å². The Labute approximate surface area is 80.6 Å². The van der Waals surface area contributed by atoms with Gasteiger partial charge in [0.05, 0.1) is 6.20 Å². The highest BCUT2D eigenvalue weighted by Gasteiger charge is 2.11. The predicted octanol–water partition coefficient (Wildman–Crippen LogP) is 0.646. The lowest BCUT2D eigenvalue weighted by atomic mass is 10.6. The molecule has 6 heteroatoms. The maximum absolute atomic E-state index is 11.4. The summed E-state index contributed by atoms with van der Waals surface area (Å²) in [5, 5.41) is 4.76. The first kappa shape index (κ1) is 8.89. The number of sulfone groups is 1. The summed E-state index contributed by atoms with van der Waals surface area (Å²) in [6.07, 6.45) is 3.09. The molecule has 0 N–H and O–H groups in total. The molecule has 0 amide bonds. The van der Waals surface area contributed by atoms with Gasteiger partial charge >= 0.3 is 0 Å². The van der Waals surface area contributed by atoms with Gasteiger partial charge < -0.3 is 0 Å². The van der Waals surface area contributed by atoms with Crippen LogP contribution in [0.25, 0.3) is 5.65 Å². The lowest BCUT2D eigenvalue weighted by Gasteiger charge is -1.97. The maximum atomic E-state index is 11.4. The highest BCUT2D eigenvalue weighted by atomic mass is 32.2. The molecule has 0 bridgehead atoms. The van der Waals surface area contributed by atoms with Crippen molar-refractivity contribution in [3.63, 3.8) is 0 Å². The van der Waals surface area contributed by atoms with Crippen molar-refractivity contribution in [2.45, 2.75) is 5.03 Å². The second kappa shape index (κ2) is 2.91. The Balaban J connectivity index is 2.71. The van der Waals surface area contributed by atoms with Crippen LogP contribution in [0.2, 0.25) is 0 Å². The van der Waals surface area contributed by atoms with Crippen molar-refractivity contribution in [2.75, 3.05) is 0 Å². The van der Waals surface area contributed by atoms with E-state index in [9.17, 15) is 8.42 Å². The molecule has 0 spiro atoms. The van der Waals surface area contributed by atoms with Gasteiger partial charge in [-0.1, -0.05) is 6.58 Å². The van der Waals surface area contributed by atoms with Crippen molar-refractivity contribution < 1.29 is 8.42 Å². The fourth-order valence-corrected chi connectivity index (χ4v) is 1.68. The average molecular weight is 209 g/mol. The zero-order chi connectivity index (χ0) is 10.2. The second-order valence-corrected chi connectivity index (χ2v) is 4.45. The monoisotopic (exact) mass is 209 g/mol. The molecule has 72 valence electrons. The summed E-state index contributed by atoms with van der Waals surface area (Å²) in [7, 11) is -3.46. The minimum absolute atomic E-state index is 0.0134. The fraction of sp³-hybridized carbons (Fsp3) is 0. The first-order chi connectivity index (χ1) is 6.63. The molecule has 0 aliphatic rings. The fourth-order valence-electron chi connectivity index (χ4n) is 1.04. The summed E-state index contributed by atoms with van der Waals surface area (Å²) < 4.78 is 24.2. The number of fused-ring (bicyclic) bond motifs is 1. The summed E-state index contributed by atoms with van der Waals surface area (Å²) in [5.74, 6) is 0. The van der Waals surface area contributed by atoms with Crippen molar-refractivity contribution in [3.05, 3.63) is 36.5 Å². The van der Waals surface area contributed by atoms with Gasteiger partial charge in [0.25, 0.3) is 0 Å². The number of hydrogen-bond acceptors (Lipinski definition) is 4. The van der Waals surface area contributed by atoms with Crippen LogP contribution in [0, 0.1) is 0 Å². The molecule has 5 nitrogen and oxygen atoms in total. The van der Waals surface area contributed by atoms with E-state index >= 15 is 0 Å². The molecule has 0 saturated heterocycles. The molecule has 0 fully saturated rings. The molecule has 0 aliphatic heterocycles. The Hall–Kier alpha value is -1.69. The summed E-state index contributed by atoms with van der Waals surface area (Å²) >= 11 is 0. The number of aromatic nitrogens is 3. The summed E-state index contributed by atoms with van der Waals surface area (Å²) in [5.41, 5.74) is 0.493. The van der Waals surface area contributed by atoms with Crippen LogP contribution >= 0.6 is 0 Å². The quantitative estimate of drug-likeness (QED) is 0.681. The van der Waals surface area contributed by atoms with Gasteiger partial charge in [-0.25, -0.2) is 17.9 Å². The summed E-state index contributed by atoms with van der Waals surface area (Å²) in [6.45, 7) is 3.23. The highest BCUT2D eigenvalue weighted by molar-refractivity contribution is 7.94. The zero-order valence-electron chi connectivity index (χ0n) is 7.16. The van der Waals surface area contributed by atoms with Gasteiger partial charge in [-0.05, 0) is 6.07 Å². The van der Waals surface area contributed by atoms with E-state index in [0.29, 0.717) is 5.65 Å². The summed E-state index contributed by atoms with van der Waals surface area (Å²) in [6, 6.07) is 3.01. The molecule has 14 heavy (non-hydrogen) atoms. The maximum Gasteiger partial charge on any atom is 0.216 e. The van der Waals surface area contributed by atoms with Crippen LogP contribution < -0.4 is 0 Å². The van der Waals surface area contributed by atoms with Crippen LogP contribution in [0.3, 0.4) is 0 Å². The number of rotatable bonds is 2. The Kier molecular flexibility index (Phi) is 1.85. The van der Waals surface area contributed by atoms with Gasteiger partial charge in [0, 0.05) is 17.7 Å². The molecule has 2 heterocycles. The molecular weight excluding hydrogens is 202 g/mol. The van der Waals surface area contributed by atoms with Crippen molar-refractivity contribution in [1.82, 2.24) is 14.6 Å². The molecular formula is C8H7N3O2S. The summed E-state index contributed by atoms with van der Waals surface area (Å²) in [4.78, 5) is 3.92. The van der Waals surface area contributed by atoms with Crippen molar-refractivity contribution in [1.29, 1.82) is 0 Å². The van der Waals surface area contributed by atoms with Gasteiger partial charge in [0.2, 0.25) is 9.84 Å². The topological polar surface area (TPSA) is 64.3 Å². The van der Waals surface area contributed by atoms with Crippen molar-refractivity contribution >= 4 is 15.5 Å². The van der Waals surface area contributed by atoms with E-state index in [-0.39, 0.29) is 5.03 Å². The Morgan fingerprint density at radius 1 is 1.43 bits per heavy atom. The lowest BCUT2D eigenvalue weighted by Crippen LogP contribution is -2.01. The number of hydrogen-bond donors (Lipinski definition) is 0. The van der Waals surface area contributed by atoms with Gasteiger partial charge in [-0.15, -0.1) is 0 Å². The van der Waals surface area contributed by atoms with E-state index in [1.54, 1.807) is 18.5 Å². The predicted molar refractivity (Wildman–Crippen MR) is 50.4 cm³/mol. The van der Waals surface area contributed by atoms with E-state index < -0.39 is 9.84 Å². The molecule has 0 atom stereocenters. The molecule has 0 saturated carbocycles. The van der Waals surface area contributed by atoms with Crippen LogP contribution in [0.5, 0.6) is 0 Å². The van der Waals surface area contributed by atoms with E-state index in [2.05, 4.69) is 16.7 Å². The normalized spacial score (nSPS) is 11.7. The first-order valence-electron chi connectivity index (χ1n) is 3.81. The molecule has 2 aromatic rings. The van der Waals surface area contributed by atoms with Gasteiger partial charge in [0.15, 0.2) is 10.7 Å². The number of nitrogens with zero attached hydrogens (tertiary/aromatic N) is 3. The molecule has 2 aromatic heterocycles. The van der Waals surface area contributed by atoms with Gasteiger partial charge in [-0.2, -0.15) is 5.10 Å². The van der Waals surface area contributed by atoms with Gasteiger partial charge in [-0.3, -0.25) is 0 Å². The third-order valence-corrected chi connectivity index (χ3v) is 2.99. The largest absolute Gasteiger partial charge is 0.223 e. The SMILES string of the molecule is C=CS(=O)(=O)c1ccn2nccc2n1. The standard InChI is InChI=1S/C8H7N3O2S/c1-2-14(12,13)8-4-6-11-7(10-8)3-5-9-11/h2-6H,1H2. The van der Waals surface area contributed by atoms with E-state index in [0.717, 1.165) is 5.41 Å². The Morgan fingerprint density at radius 3 is 2.93 bits per heavy atom. The minimum Gasteiger partial charge on any atom is -0.223 e. The molecule has 0 aliphatic carbocycles. The molecule has 0 aromatic carbocycles. The van der Waals surface area contributed by atoms with E-state index in [1.807, 2.05) is 0 Å². The Bertz CT molecular complexity index is 585. The third kappa shape index (κ3) is 1.29. The van der Waals surface area contributed by atoms with Crippen LogP contribution in [0.1, 0.15) is 0 Å². The molecule has 0 radical (unpaired) electrons. The minimum atomic E-state index is -3.46. The Morgan fingerprint density at radius 2 is 2.21 bits per heavy atom. The smallest absolute Gasteiger partial charge is 0.216 e. The lowest BCUT2D eigenvalue weighted by molar-refractivity contribution is 0.601. The molecule has 2 rings (SSSR count). The second-order valence-electron chi connectivity index (χ2n) is 2.61. The van der Waals surface area contributed by atoms with Crippen molar-refractivity contribution in [3.8, 4) is 0 Å². The van der Waals surface area contributed by atoms with Crippen LogP contribution in [-0.2, 0) is 9.84 Å². The van der Waals surface area contributed by atoms with Crippen LogP contribution in [0.15, 0.2) is 41.5 Å².